The molecule has 1 aromatic rings. The van der Waals surface area contributed by atoms with Crippen LogP contribution in [-0.2, 0) is 4.79 Å². The molecule has 1 aliphatic carbocycles. The van der Waals surface area contributed by atoms with Gasteiger partial charge in [-0.05, 0) is 18.9 Å². The maximum Gasteiger partial charge on any atom is 0.243 e. The van der Waals surface area contributed by atoms with E-state index in [1.165, 1.54) is 0 Å². The predicted molar refractivity (Wildman–Crippen MR) is 89.6 cm³/mol. The van der Waals surface area contributed by atoms with E-state index in [1.807, 2.05) is 18.2 Å². The second-order valence-electron chi connectivity index (χ2n) is 6.24. The highest BCUT2D eigenvalue weighted by atomic mass is 16.5. The topological polar surface area (TPSA) is 66.0 Å². The van der Waals surface area contributed by atoms with Gasteiger partial charge in [-0.25, -0.2) is 4.99 Å². The van der Waals surface area contributed by atoms with Crippen LogP contribution in [0.3, 0.4) is 0 Å². The molecule has 0 radical (unpaired) electrons. The lowest BCUT2D eigenvalue weighted by atomic mass is 10.0. The first-order valence-electron chi connectivity index (χ1n) is 8.13. The van der Waals surface area contributed by atoms with Crippen molar-refractivity contribution in [1.29, 1.82) is 0 Å². The Morgan fingerprint density at radius 2 is 2.04 bits per heavy atom. The number of nitrogens with zero attached hydrogens (tertiary/aromatic N) is 2. The zero-order valence-electron chi connectivity index (χ0n) is 13.7. The Labute approximate surface area is 136 Å². The molecule has 3 rings (SSSR count). The first kappa shape index (κ1) is 15.6. The van der Waals surface area contributed by atoms with Gasteiger partial charge in [-0.2, -0.15) is 0 Å². The highest BCUT2D eigenvalue weighted by Crippen LogP contribution is 2.31. The fourth-order valence-electron chi connectivity index (χ4n) is 2.50. The minimum absolute atomic E-state index is 0.00530. The van der Waals surface area contributed by atoms with E-state index in [1.54, 1.807) is 19.0 Å². The third-order valence-corrected chi connectivity index (χ3v) is 4.06. The zero-order chi connectivity index (χ0) is 16.2. The van der Waals surface area contributed by atoms with Crippen molar-refractivity contribution in [1.82, 2.24) is 15.5 Å². The number of rotatable bonds is 4. The number of hydrogen-bond acceptors (Lipinski definition) is 3. The molecule has 1 unspecified atom stereocenters. The van der Waals surface area contributed by atoms with E-state index in [2.05, 4.69) is 21.7 Å². The van der Waals surface area contributed by atoms with Crippen LogP contribution in [0.2, 0.25) is 0 Å². The van der Waals surface area contributed by atoms with E-state index in [-0.39, 0.29) is 18.5 Å². The smallest absolute Gasteiger partial charge is 0.243 e. The molecule has 1 aliphatic heterocycles. The Morgan fingerprint density at radius 1 is 1.26 bits per heavy atom. The largest absolute Gasteiger partial charge is 0.493 e. The summed E-state index contributed by atoms with van der Waals surface area (Å²) in [4.78, 5) is 17.8. The van der Waals surface area contributed by atoms with E-state index in [0.717, 1.165) is 30.6 Å². The summed E-state index contributed by atoms with van der Waals surface area (Å²) < 4.78 is 5.70. The average molecular weight is 316 g/mol. The van der Waals surface area contributed by atoms with Gasteiger partial charge in [0.2, 0.25) is 5.91 Å². The number of para-hydroxylation sites is 1. The molecule has 1 fully saturated rings. The van der Waals surface area contributed by atoms with Crippen LogP contribution < -0.4 is 15.4 Å². The molecule has 0 aromatic heterocycles. The lowest BCUT2D eigenvalue weighted by Gasteiger charge is -2.28. The number of carbonyl (C=O) groups excluding carboxylic acids is 1. The van der Waals surface area contributed by atoms with Gasteiger partial charge in [0.05, 0.1) is 12.6 Å². The van der Waals surface area contributed by atoms with E-state index < -0.39 is 0 Å². The Kier molecular flexibility index (Phi) is 4.69. The first-order chi connectivity index (χ1) is 11.1. The van der Waals surface area contributed by atoms with Crippen molar-refractivity contribution in [2.45, 2.75) is 31.3 Å². The van der Waals surface area contributed by atoms with Crippen LogP contribution >= 0.6 is 0 Å². The van der Waals surface area contributed by atoms with E-state index in [0.29, 0.717) is 18.6 Å². The lowest BCUT2D eigenvalue weighted by Crippen LogP contribution is -2.42. The van der Waals surface area contributed by atoms with Gasteiger partial charge in [-0.3, -0.25) is 4.79 Å². The Morgan fingerprint density at radius 3 is 2.78 bits per heavy atom. The van der Waals surface area contributed by atoms with E-state index >= 15 is 0 Å². The number of fused-ring (bicyclic) bond motifs is 1. The van der Waals surface area contributed by atoms with Gasteiger partial charge >= 0.3 is 0 Å². The van der Waals surface area contributed by atoms with Crippen LogP contribution in [0, 0.1) is 0 Å². The van der Waals surface area contributed by atoms with Gasteiger partial charge in [0, 0.05) is 32.1 Å². The maximum atomic E-state index is 11.8. The number of likely N-dealkylation sites (N-methyl/N-ethyl adjacent to an activating group) is 1. The monoisotopic (exact) mass is 316 g/mol. The fourth-order valence-corrected chi connectivity index (χ4v) is 2.50. The third kappa shape index (κ3) is 4.15. The van der Waals surface area contributed by atoms with Crippen molar-refractivity contribution in [3.63, 3.8) is 0 Å². The van der Waals surface area contributed by atoms with Crippen LogP contribution in [0.15, 0.2) is 29.3 Å². The standard InChI is InChI=1S/C17H24N4O2/c1-21(2)16(22)11-18-17(19-12-7-8-12)20-14-9-10-23-15-6-4-3-5-13(14)15/h3-6,12,14H,7-11H2,1-2H3,(H2,18,19,20). The summed E-state index contributed by atoms with van der Waals surface area (Å²) in [5, 5.41) is 6.86. The molecule has 6 nitrogen and oxygen atoms in total. The zero-order valence-corrected chi connectivity index (χ0v) is 13.7. The SMILES string of the molecule is CN(C)C(=O)CN=C(NC1CC1)NC1CCOc2ccccc21. The number of carbonyl (C=O) groups is 1. The number of aliphatic imine (C=N–C) groups is 1. The molecule has 1 heterocycles. The normalized spacial score (nSPS) is 20.3. The maximum absolute atomic E-state index is 11.8. The van der Waals surface area contributed by atoms with Crippen molar-refractivity contribution < 1.29 is 9.53 Å². The van der Waals surface area contributed by atoms with Gasteiger partial charge in [0.25, 0.3) is 0 Å². The van der Waals surface area contributed by atoms with Crippen LogP contribution in [0.4, 0.5) is 0 Å². The van der Waals surface area contributed by atoms with Crippen molar-refractivity contribution in [3.8, 4) is 5.75 Å². The van der Waals surface area contributed by atoms with E-state index in [9.17, 15) is 4.79 Å². The third-order valence-electron chi connectivity index (χ3n) is 4.06. The summed E-state index contributed by atoms with van der Waals surface area (Å²) >= 11 is 0. The van der Waals surface area contributed by atoms with Crippen LogP contribution in [-0.4, -0.2) is 50.1 Å². The Bertz CT molecular complexity index is 596. The molecule has 6 heteroatoms. The molecule has 0 saturated heterocycles. The molecule has 124 valence electrons. The minimum Gasteiger partial charge on any atom is -0.493 e. The Hall–Kier alpha value is -2.24. The summed E-state index contributed by atoms with van der Waals surface area (Å²) in [5.41, 5.74) is 1.14. The molecule has 2 N–H and O–H groups in total. The number of benzene rings is 1. The molecule has 1 atom stereocenters. The number of nitrogens with one attached hydrogen (secondary N) is 2. The summed E-state index contributed by atoms with van der Waals surface area (Å²) in [6.07, 6.45) is 3.20. The van der Waals surface area contributed by atoms with Crippen molar-refractivity contribution in [3.05, 3.63) is 29.8 Å². The molecular formula is C17H24N4O2. The number of guanidine groups is 1. The molecule has 0 spiro atoms. The van der Waals surface area contributed by atoms with Crippen molar-refractivity contribution in [2.24, 2.45) is 4.99 Å². The molecule has 23 heavy (non-hydrogen) atoms. The minimum atomic E-state index is -0.00530. The molecule has 2 aliphatic rings. The molecular weight excluding hydrogens is 292 g/mol. The molecule has 1 amide bonds. The molecule has 0 bridgehead atoms. The summed E-state index contributed by atoms with van der Waals surface area (Å²) in [5.74, 6) is 1.63. The van der Waals surface area contributed by atoms with Gasteiger partial charge in [-0.15, -0.1) is 0 Å². The van der Waals surface area contributed by atoms with Gasteiger partial charge in [-0.1, -0.05) is 18.2 Å². The number of amides is 1. The molecule has 1 aromatic carbocycles. The summed E-state index contributed by atoms with van der Waals surface area (Å²) in [6, 6.07) is 8.69. The second kappa shape index (κ2) is 6.89. The predicted octanol–water partition coefficient (Wildman–Crippen LogP) is 1.30. The van der Waals surface area contributed by atoms with Crippen molar-refractivity contribution in [2.75, 3.05) is 27.2 Å². The Balaban J connectivity index is 1.71. The number of ether oxygens (including phenoxy) is 1. The lowest BCUT2D eigenvalue weighted by molar-refractivity contribution is -0.127. The van der Waals surface area contributed by atoms with Gasteiger partial charge in [0.1, 0.15) is 12.3 Å². The highest BCUT2D eigenvalue weighted by molar-refractivity contribution is 5.85. The van der Waals surface area contributed by atoms with E-state index in [4.69, 9.17) is 4.74 Å². The molecule has 1 saturated carbocycles. The van der Waals surface area contributed by atoms with Crippen LogP contribution in [0.5, 0.6) is 5.75 Å². The van der Waals surface area contributed by atoms with Gasteiger partial charge in [0.15, 0.2) is 5.96 Å². The van der Waals surface area contributed by atoms with Crippen LogP contribution in [0.25, 0.3) is 0 Å². The van der Waals surface area contributed by atoms with Crippen molar-refractivity contribution >= 4 is 11.9 Å². The van der Waals surface area contributed by atoms with Crippen LogP contribution in [0.1, 0.15) is 30.9 Å². The van der Waals surface area contributed by atoms with Gasteiger partial charge < -0.3 is 20.3 Å². The highest BCUT2D eigenvalue weighted by Gasteiger charge is 2.26. The quantitative estimate of drug-likeness (QED) is 0.649. The average Bonchev–Trinajstić information content (AvgIpc) is 3.36. The summed E-state index contributed by atoms with van der Waals surface area (Å²) in [6.45, 7) is 0.835. The second-order valence-corrected chi connectivity index (χ2v) is 6.24. The number of hydrogen-bond donors (Lipinski definition) is 2. The fraction of sp³-hybridized carbons (Fsp3) is 0.529. The summed E-state index contributed by atoms with van der Waals surface area (Å²) in [7, 11) is 3.49. The first-order valence-corrected chi connectivity index (χ1v) is 8.13.